The molecule has 2 fully saturated rings. The summed E-state index contributed by atoms with van der Waals surface area (Å²) in [6.45, 7) is 6.61. The SMILES string of the molecule is CC1(C)CCCN(C(=O)NCC2(CC(=O)O)CCC2)CC1. The van der Waals surface area contributed by atoms with E-state index in [4.69, 9.17) is 5.11 Å². The standard InChI is InChI=1S/C16H28N2O3/c1-15(2)5-4-9-18(10-8-15)14(21)17-12-16(6-3-7-16)11-13(19)20/h3-12H2,1-2H3,(H,17,21)(H,19,20). The first-order valence-corrected chi connectivity index (χ1v) is 8.07. The van der Waals surface area contributed by atoms with E-state index in [1.54, 1.807) is 0 Å². The van der Waals surface area contributed by atoms with Crippen LogP contribution in [0.5, 0.6) is 0 Å². The van der Waals surface area contributed by atoms with Gasteiger partial charge in [0.25, 0.3) is 0 Å². The molecular weight excluding hydrogens is 268 g/mol. The highest BCUT2D eigenvalue weighted by Gasteiger charge is 2.39. The minimum Gasteiger partial charge on any atom is -0.481 e. The van der Waals surface area contributed by atoms with Crippen LogP contribution >= 0.6 is 0 Å². The molecule has 1 heterocycles. The van der Waals surface area contributed by atoms with Crippen molar-refractivity contribution in [2.45, 2.75) is 58.8 Å². The quantitative estimate of drug-likeness (QED) is 0.838. The number of aliphatic carboxylic acids is 1. The Morgan fingerprint density at radius 1 is 1.10 bits per heavy atom. The van der Waals surface area contributed by atoms with Gasteiger partial charge in [-0.05, 0) is 42.9 Å². The van der Waals surface area contributed by atoms with Gasteiger partial charge in [0, 0.05) is 19.6 Å². The van der Waals surface area contributed by atoms with E-state index < -0.39 is 5.97 Å². The van der Waals surface area contributed by atoms with Gasteiger partial charge < -0.3 is 15.3 Å². The Morgan fingerprint density at radius 2 is 1.81 bits per heavy atom. The molecule has 21 heavy (non-hydrogen) atoms. The van der Waals surface area contributed by atoms with Crippen LogP contribution in [0.3, 0.4) is 0 Å². The number of hydrogen-bond donors (Lipinski definition) is 2. The van der Waals surface area contributed by atoms with E-state index in [1.165, 1.54) is 0 Å². The molecule has 1 saturated carbocycles. The van der Waals surface area contributed by atoms with Crippen molar-refractivity contribution in [2.75, 3.05) is 19.6 Å². The molecule has 0 radical (unpaired) electrons. The zero-order chi connectivity index (χ0) is 15.5. The van der Waals surface area contributed by atoms with E-state index in [9.17, 15) is 9.59 Å². The predicted octanol–water partition coefficient (Wildman–Crippen LogP) is 2.85. The molecule has 1 saturated heterocycles. The maximum absolute atomic E-state index is 12.3. The van der Waals surface area contributed by atoms with Crippen LogP contribution in [0, 0.1) is 10.8 Å². The Kier molecular flexibility index (Phi) is 4.79. The lowest BCUT2D eigenvalue weighted by Crippen LogP contribution is -2.48. The molecule has 2 aliphatic rings. The Bertz CT molecular complexity index is 402. The maximum Gasteiger partial charge on any atom is 0.317 e. The number of carboxylic acids is 1. The van der Waals surface area contributed by atoms with E-state index in [-0.39, 0.29) is 17.9 Å². The molecular formula is C16H28N2O3. The van der Waals surface area contributed by atoms with E-state index in [1.807, 2.05) is 4.90 Å². The zero-order valence-corrected chi connectivity index (χ0v) is 13.3. The first kappa shape index (κ1) is 16.1. The smallest absolute Gasteiger partial charge is 0.317 e. The average molecular weight is 296 g/mol. The summed E-state index contributed by atoms with van der Waals surface area (Å²) in [5.41, 5.74) is 0.111. The van der Waals surface area contributed by atoms with Crippen LogP contribution in [0.1, 0.15) is 58.8 Å². The summed E-state index contributed by atoms with van der Waals surface area (Å²) in [5, 5.41) is 12.0. The highest BCUT2D eigenvalue weighted by molar-refractivity contribution is 5.74. The van der Waals surface area contributed by atoms with E-state index in [2.05, 4.69) is 19.2 Å². The topological polar surface area (TPSA) is 69.6 Å². The molecule has 0 bridgehead atoms. The molecule has 5 heteroatoms. The minimum absolute atomic E-state index is 0.0237. The van der Waals surface area contributed by atoms with Crippen molar-refractivity contribution < 1.29 is 14.7 Å². The third-order valence-electron chi connectivity index (χ3n) is 5.18. The van der Waals surface area contributed by atoms with Crippen molar-refractivity contribution in [3.05, 3.63) is 0 Å². The fourth-order valence-electron chi connectivity index (χ4n) is 3.41. The van der Waals surface area contributed by atoms with Crippen LogP contribution in [0.2, 0.25) is 0 Å². The number of carbonyl (C=O) groups is 2. The maximum atomic E-state index is 12.3. The van der Waals surface area contributed by atoms with Gasteiger partial charge in [-0.15, -0.1) is 0 Å². The second kappa shape index (κ2) is 6.24. The zero-order valence-electron chi connectivity index (χ0n) is 13.3. The van der Waals surface area contributed by atoms with Crippen molar-refractivity contribution in [3.8, 4) is 0 Å². The first-order valence-electron chi connectivity index (χ1n) is 8.07. The summed E-state index contributed by atoms with van der Waals surface area (Å²) in [6.07, 6.45) is 6.28. The molecule has 2 amide bonds. The number of likely N-dealkylation sites (tertiary alicyclic amines) is 1. The molecule has 5 nitrogen and oxygen atoms in total. The Morgan fingerprint density at radius 3 is 2.38 bits per heavy atom. The third-order valence-corrected chi connectivity index (χ3v) is 5.18. The molecule has 2 rings (SSSR count). The number of carbonyl (C=O) groups excluding carboxylic acids is 1. The molecule has 0 aromatic carbocycles. The number of nitrogens with zero attached hydrogens (tertiary/aromatic N) is 1. The fraction of sp³-hybridized carbons (Fsp3) is 0.875. The van der Waals surface area contributed by atoms with Gasteiger partial charge in [-0.25, -0.2) is 4.79 Å². The van der Waals surface area contributed by atoms with Crippen molar-refractivity contribution in [2.24, 2.45) is 10.8 Å². The number of carboxylic acid groups (broad SMARTS) is 1. The first-order chi connectivity index (χ1) is 9.82. The largest absolute Gasteiger partial charge is 0.481 e. The highest BCUT2D eigenvalue weighted by atomic mass is 16.4. The monoisotopic (exact) mass is 296 g/mol. The number of nitrogens with one attached hydrogen (secondary N) is 1. The van der Waals surface area contributed by atoms with Gasteiger partial charge in [-0.1, -0.05) is 20.3 Å². The van der Waals surface area contributed by atoms with Crippen LogP contribution < -0.4 is 5.32 Å². The number of rotatable bonds is 4. The number of hydrogen-bond acceptors (Lipinski definition) is 2. The van der Waals surface area contributed by atoms with Crippen LogP contribution in [0.15, 0.2) is 0 Å². The van der Waals surface area contributed by atoms with Gasteiger partial charge in [-0.3, -0.25) is 4.79 Å². The Balaban J connectivity index is 1.82. The van der Waals surface area contributed by atoms with Crippen molar-refractivity contribution in [1.29, 1.82) is 0 Å². The third kappa shape index (κ3) is 4.35. The molecule has 1 aliphatic heterocycles. The number of amides is 2. The van der Waals surface area contributed by atoms with Gasteiger partial charge in [0.05, 0.1) is 6.42 Å². The lowest BCUT2D eigenvalue weighted by atomic mass is 9.66. The van der Waals surface area contributed by atoms with E-state index in [0.717, 1.165) is 51.6 Å². The second-order valence-electron chi connectivity index (χ2n) is 7.59. The average Bonchev–Trinajstić information content (AvgIpc) is 2.52. The fourth-order valence-corrected chi connectivity index (χ4v) is 3.41. The molecule has 120 valence electrons. The molecule has 0 spiro atoms. The summed E-state index contributed by atoms with van der Waals surface area (Å²) in [6, 6.07) is -0.0237. The van der Waals surface area contributed by atoms with Crippen molar-refractivity contribution in [3.63, 3.8) is 0 Å². The van der Waals surface area contributed by atoms with Gasteiger partial charge in [-0.2, -0.15) is 0 Å². The van der Waals surface area contributed by atoms with Gasteiger partial charge in [0.2, 0.25) is 0 Å². The summed E-state index contributed by atoms with van der Waals surface area (Å²) >= 11 is 0. The summed E-state index contributed by atoms with van der Waals surface area (Å²) in [5.74, 6) is -0.763. The second-order valence-corrected chi connectivity index (χ2v) is 7.59. The van der Waals surface area contributed by atoms with E-state index >= 15 is 0 Å². The molecule has 0 aromatic rings. The van der Waals surface area contributed by atoms with Gasteiger partial charge in [0.1, 0.15) is 0 Å². The molecule has 1 aliphatic carbocycles. The Hall–Kier alpha value is -1.26. The van der Waals surface area contributed by atoms with E-state index in [0.29, 0.717) is 12.0 Å². The molecule has 0 aromatic heterocycles. The van der Waals surface area contributed by atoms with Crippen LogP contribution in [-0.4, -0.2) is 41.6 Å². The van der Waals surface area contributed by atoms with Crippen molar-refractivity contribution in [1.82, 2.24) is 10.2 Å². The van der Waals surface area contributed by atoms with Crippen LogP contribution in [0.4, 0.5) is 4.79 Å². The lowest BCUT2D eigenvalue weighted by Gasteiger charge is -2.41. The van der Waals surface area contributed by atoms with Gasteiger partial charge >= 0.3 is 12.0 Å². The van der Waals surface area contributed by atoms with Gasteiger partial charge in [0.15, 0.2) is 0 Å². The summed E-state index contributed by atoms with van der Waals surface area (Å²) < 4.78 is 0. The molecule has 2 N–H and O–H groups in total. The number of urea groups is 1. The van der Waals surface area contributed by atoms with Crippen molar-refractivity contribution >= 4 is 12.0 Å². The lowest BCUT2D eigenvalue weighted by molar-refractivity contribution is -0.141. The summed E-state index contributed by atoms with van der Waals surface area (Å²) in [4.78, 5) is 25.1. The molecule has 0 unspecified atom stereocenters. The Labute approximate surface area is 127 Å². The van der Waals surface area contributed by atoms with Crippen LogP contribution in [-0.2, 0) is 4.79 Å². The van der Waals surface area contributed by atoms with Crippen LogP contribution in [0.25, 0.3) is 0 Å². The molecule has 0 atom stereocenters. The predicted molar refractivity (Wildman–Crippen MR) is 81.1 cm³/mol. The minimum atomic E-state index is -0.763. The normalized spacial score (nSPS) is 23.8. The summed E-state index contributed by atoms with van der Waals surface area (Å²) in [7, 11) is 0. The highest BCUT2D eigenvalue weighted by Crippen LogP contribution is 2.43.